The number of anilines is 2. The Morgan fingerprint density at radius 2 is 1.61 bits per heavy atom. The summed E-state index contributed by atoms with van der Waals surface area (Å²) in [6.07, 6.45) is 0.551. The van der Waals surface area contributed by atoms with Crippen LogP contribution in [0.1, 0.15) is 55.4 Å². The highest BCUT2D eigenvalue weighted by Crippen LogP contribution is 2.41. The van der Waals surface area contributed by atoms with Gasteiger partial charge >= 0.3 is 0 Å². The number of aromatic nitrogens is 1. The molecule has 7 rings (SSSR count). The maximum atomic E-state index is 13.1. The van der Waals surface area contributed by atoms with Gasteiger partial charge in [-0.15, -0.1) is 11.3 Å². The van der Waals surface area contributed by atoms with Crippen molar-refractivity contribution < 1.29 is 14.5 Å². The average Bonchev–Trinajstić information content (AvgIpc) is 3.76. The van der Waals surface area contributed by atoms with E-state index >= 15 is 0 Å². The fourth-order valence-electron chi connectivity index (χ4n) is 5.73. The third-order valence-electron chi connectivity index (χ3n) is 7.96. The molecule has 4 aromatic carbocycles. The van der Waals surface area contributed by atoms with Gasteiger partial charge in [0, 0.05) is 35.1 Å². The molecule has 0 bridgehead atoms. The minimum absolute atomic E-state index is 0.0208. The van der Waals surface area contributed by atoms with Crippen LogP contribution in [0, 0.1) is 24.0 Å². The van der Waals surface area contributed by atoms with Crippen molar-refractivity contribution in [3.8, 4) is 11.3 Å². The predicted molar refractivity (Wildman–Crippen MR) is 171 cm³/mol. The second kappa shape index (κ2) is 10.7. The molecular formula is C34H25N5O4S. The first-order valence-electron chi connectivity index (χ1n) is 14.0. The van der Waals surface area contributed by atoms with E-state index < -0.39 is 4.92 Å². The first-order valence-corrected chi connectivity index (χ1v) is 14.9. The Balaban J connectivity index is 1.25. The fraction of sp³-hybridized carbons (Fsp3) is 0.118. The molecule has 0 N–H and O–H groups in total. The molecule has 44 heavy (non-hydrogen) atoms. The first kappa shape index (κ1) is 27.4. The summed E-state index contributed by atoms with van der Waals surface area (Å²) < 4.78 is 0. The summed E-state index contributed by atoms with van der Waals surface area (Å²) in [6.45, 7) is 4.09. The Kier molecular flexibility index (Phi) is 6.63. The van der Waals surface area contributed by atoms with E-state index in [-0.39, 0.29) is 23.5 Å². The number of non-ortho nitro benzene ring substituents is 1. The van der Waals surface area contributed by atoms with Gasteiger partial charge in [0.25, 0.3) is 17.5 Å². The molecule has 0 radical (unpaired) electrons. The van der Waals surface area contributed by atoms with Gasteiger partial charge in [0.1, 0.15) is 0 Å². The largest absolute Gasteiger partial charge is 0.269 e. The summed E-state index contributed by atoms with van der Waals surface area (Å²) in [7, 11) is 0. The number of imide groups is 1. The fourth-order valence-corrected chi connectivity index (χ4v) is 6.56. The molecule has 5 aromatic rings. The van der Waals surface area contributed by atoms with Gasteiger partial charge in [-0.2, -0.15) is 5.10 Å². The number of rotatable bonds is 6. The number of nitro groups is 1. The summed E-state index contributed by atoms with van der Waals surface area (Å²) in [5.41, 5.74) is 7.57. The van der Waals surface area contributed by atoms with Crippen molar-refractivity contribution in [2.75, 3.05) is 9.91 Å². The number of fused-ring (bicyclic) bond motifs is 1. The number of nitrogens with zero attached hydrogens (tertiary/aromatic N) is 5. The third kappa shape index (κ3) is 4.65. The molecule has 3 heterocycles. The van der Waals surface area contributed by atoms with Crippen LogP contribution in [0.15, 0.2) is 101 Å². The number of benzene rings is 4. The summed E-state index contributed by atoms with van der Waals surface area (Å²) in [4.78, 5) is 43.5. The second-order valence-corrected chi connectivity index (χ2v) is 11.7. The summed E-state index contributed by atoms with van der Waals surface area (Å²) in [5.74, 6) is -0.709. The SMILES string of the molecule is Cc1ccc(C)c(C2=NN(c3nc(-c4cccc(N5C(=O)c6ccccc6C5=O)c4)cs3)[C@H](c3cccc([N+](=O)[O-])c3)C2)c1. The van der Waals surface area contributed by atoms with Gasteiger partial charge in [-0.1, -0.05) is 54.1 Å². The number of hydrogen-bond acceptors (Lipinski definition) is 8. The van der Waals surface area contributed by atoms with Crippen LogP contribution in [-0.2, 0) is 0 Å². The maximum Gasteiger partial charge on any atom is 0.269 e. The van der Waals surface area contributed by atoms with Crippen LogP contribution in [0.25, 0.3) is 11.3 Å². The number of aryl methyl sites for hydroxylation is 2. The number of nitro benzene ring substituents is 1. The molecule has 9 nitrogen and oxygen atoms in total. The number of carbonyl (C=O) groups is 2. The van der Waals surface area contributed by atoms with Crippen molar-refractivity contribution in [2.24, 2.45) is 5.10 Å². The van der Waals surface area contributed by atoms with Gasteiger partial charge < -0.3 is 0 Å². The van der Waals surface area contributed by atoms with E-state index in [4.69, 9.17) is 10.1 Å². The molecule has 216 valence electrons. The second-order valence-electron chi connectivity index (χ2n) is 10.8. The lowest BCUT2D eigenvalue weighted by Gasteiger charge is -2.21. The topological polar surface area (TPSA) is 109 Å². The van der Waals surface area contributed by atoms with E-state index in [1.165, 1.54) is 22.3 Å². The standard InChI is InChI=1S/C34H25N5O4S/c1-20-13-14-21(2)28(15-20)29-18-31(23-8-6-10-25(17-23)39(42)43)38(36-29)34-35-30(19-44-34)22-7-5-9-24(16-22)37-32(40)26-11-3-4-12-27(26)33(37)41/h3-17,19,31H,18H2,1-2H3/t31-/m0/s1. The van der Waals surface area contributed by atoms with Crippen molar-refractivity contribution in [1.29, 1.82) is 0 Å². The van der Waals surface area contributed by atoms with Crippen molar-refractivity contribution in [3.05, 3.63) is 140 Å². The van der Waals surface area contributed by atoms with Crippen molar-refractivity contribution in [2.45, 2.75) is 26.3 Å². The lowest BCUT2D eigenvalue weighted by atomic mass is 9.95. The molecule has 2 aliphatic heterocycles. The molecule has 2 amide bonds. The molecule has 0 aliphatic carbocycles. The van der Waals surface area contributed by atoms with Gasteiger partial charge in [-0.05, 0) is 55.3 Å². The molecule has 0 fully saturated rings. The minimum Gasteiger partial charge on any atom is -0.268 e. The zero-order chi connectivity index (χ0) is 30.5. The van der Waals surface area contributed by atoms with Crippen molar-refractivity contribution in [1.82, 2.24) is 4.98 Å². The van der Waals surface area contributed by atoms with Crippen LogP contribution >= 0.6 is 11.3 Å². The van der Waals surface area contributed by atoms with E-state index in [0.29, 0.717) is 34.1 Å². The monoisotopic (exact) mass is 599 g/mol. The Hall–Kier alpha value is -5.48. The lowest BCUT2D eigenvalue weighted by Crippen LogP contribution is -2.29. The van der Waals surface area contributed by atoms with E-state index in [0.717, 1.165) is 33.5 Å². The molecule has 0 saturated carbocycles. The smallest absolute Gasteiger partial charge is 0.268 e. The Bertz CT molecular complexity index is 2000. The summed E-state index contributed by atoms with van der Waals surface area (Å²) in [5, 5.41) is 21.0. The van der Waals surface area contributed by atoms with Crippen LogP contribution < -0.4 is 9.91 Å². The van der Waals surface area contributed by atoms with Gasteiger partial charge in [-0.25, -0.2) is 14.9 Å². The van der Waals surface area contributed by atoms with Crippen LogP contribution in [0.5, 0.6) is 0 Å². The van der Waals surface area contributed by atoms with Crippen LogP contribution in [-0.4, -0.2) is 27.4 Å². The third-order valence-corrected chi connectivity index (χ3v) is 8.79. The average molecular weight is 600 g/mol. The highest BCUT2D eigenvalue weighted by Gasteiger charge is 2.37. The number of hydrazone groups is 1. The van der Waals surface area contributed by atoms with E-state index in [9.17, 15) is 19.7 Å². The highest BCUT2D eigenvalue weighted by atomic mass is 32.1. The zero-order valence-electron chi connectivity index (χ0n) is 23.8. The van der Waals surface area contributed by atoms with Gasteiger partial charge in [0.2, 0.25) is 5.13 Å². The number of hydrogen-bond donors (Lipinski definition) is 0. The number of thiazole rings is 1. The number of amides is 2. The lowest BCUT2D eigenvalue weighted by molar-refractivity contribution is -0.384. The van der Waals surface area contributed by atoms with Gasteiger partial charge in [0.15, 0.2) is 0 Å². The van der Waals surface area contributed by atoms with E-state index in [2.05, 4.69) is 18.2 Å². The molecule has 10 heteroatoms. The molecule has 1 aromatic heterocycles. The van der Waals surface area contributed by atoms with E-state index in [1.54, 1.807) is 54.6 Å². The minimum atomic E-state index is -0.391. The summed E-state index contributed by atoms with van der Waals surface area (Å²) >= 11 is 1.41. The molecule has 1 atom stereocenters. The highest BCUT2D eigenvalue weighted by molar-refractivity contribution is 7.14. The predicted octanol–water partition coefficient (Wildman–Crippen LogP) is 7.49. The Morgan fingerprint density at radius 1 is 0.864 bits per heavy atom. The van der Waals surface area contributed by atoms with Crippen LogP contribution in [0.2, 0.25) is 0 Å². The van der Waals surface area contributed by atoms with Gasteiger partial charge in [0.05, 0.1) is 39.2 Å². The molecule has 0 unspecified atom stereocenters. The Labute approximate surface area is 256 Å². The van der Waals surface area contributed by atoms with Crippen molar-refractivity contribution in [3.63, 3.8) is 0 Å². The molecular weight excluding hydrogens is 574 g/mol. The van der Waals surface area contributed by atoms with Crippen molar-refractivity contribution >= 4 is 45.4 Å². The normalized spacial score (nSPS) is 16.0. The zero-order valence-corrected chi connectivity index (χ0v) is 24.6. The van der Waals surface area contributed by atoms with Crippen LogP contribution in [0.4, 0.5) is 16.5 Å². The number of carbonyl (C=O) groups excluding carboxylic acids is 2. The summed E-state index contributed by atoms with van der Waals surface area (Å²) in [6, 6.07) is 26.6. The molecule has 0 saturated heterocycles. The quantitative estimate of drug-likeness (QED) is 0.114. The first-order chi connectivity index (χ1) is 21.3. The van der Waals surface area contributed by atoms with Crippen LogP contribution in [0.3, 0.4) is 0 Å². The van der Waals surface area contributed by atoms with Gasteiger partial charge in [-0.3, -0.25) is 19.7 Å². The molecule has 2 aliphatic rings. The van der Waals surface area contributed by atoms with E-state index in [1.807, 2.05) is 36.4 Å². The Morgan fingerprint density at radius 3 is 2.36 bits per heavy atom. The maximum absolute atomic E-state index is 13.1. The molecule has 0 spiro atoms.